The van der Waals surface area contributed by atoms with Crippen LogP contribution in [0.4, 0.5) is 4.79 Å². The number of carbonyl (C=O) groups excluding carboxylic acids is 3. The number of rotatable bonds is 4. The van der Waals surface area contributed by atoms with Crippen molar-refractivity contribution in [3.8, 4) is 0 Å². The van der Waals surface area contributed by atoms with E-state index in [9.17, 15) is 14.4 Å². The molecule has 0 radical (unpaired) electrons. The van der Waals surface area contributed by atoms with Crippen LogP contribution in [-0.4, -0.2) is 35.3 Å². The van der Waals surface area contributed by atoms with Crippen LogP contribution in [-0.2, 0) is 15.1 Å². The molecule has 1 aliphatic heterocycles. The van der Waals surface area contributed by atoms with E-state index in [1.165, 1.54) is 19.3 Å². The number of halogens is 1. The molecule has 4 amide bonds. The van der Waals surface area contributed by atoms with E-state index >= 15 is 0 Å². The highest BCUT2D eigenvalue weighted by atomic mass is 35.5. The SMILES string of the molecule is C[C@@]1(c2ccc(Cl)cc2)NC(=O)N(CC(=O)NC2CCCCCCC2)C1=O. The van der Waals surface area contributed by atoms with Gasteiger partial charge in [0.2, 0.25) is 5.91 Å². The third kappa shape index (κ3) is 4.43. The maximum Gasteiger partial charge on any atom is 0.325 e. The van der Waals surface area contributed by atoms with E-state index < -0.39 is 17.5 Å². The molecule has 1 aromatic rings. The molecular weight excluding hydrogens is 366 g/mol. The normalized spacial score (nSPS) is 24.3. The Morgan fingerprint density at radius 3 is 2.37 bits per heavy atom. The quantitative estimate of drug-likeness (QED) is 0.772. The highest BCUT2D eigenvalue weighted by Gasteiger charge is 2.49. The van der Waals surface area contributed by atoms with Crippen molar-refractivity contribution in [2.45, 2.75) is 63.5 Å². The van der Waals surface area contributed by atoms with Crippen LogP contribution in [0.3, 0.4) is 0 Å². The first-order chi connectivity index (χ1) is 12.9. The summed E-state index contributed by atoms with van der Waals surface area (Å²) in [7, 11) is 0. The maximum atomic E-state index is 12.9. The van der Waals surface area contributed by atoms with Crippen molar-refractivity contribution >= 4 is 29.4 Å². The summed E-state index contributed by atoms with van der Waals surface area (Å²) in [5.41, 5.74) is -0.560. The summed E-state index contributed by atoms with van der Waals surface area (Å²) >= 11 is 5.91. The van der Waals surface area contributed by atoms with Gasteiger partial charge in [-0.25, -0.2) is 4.79 Å². The van der Waals surface area contributed by atoms with Crippen LogP contribution < -0.4 is 10.6 Å². The zero-order valence-corrected chi connectivity index (χ0v) is 16.3. The topological polar surface area (TPSA) is 78.5 Å². The van der Waals surface area contributed by atoms with Gasteiger partial charge in [-0.15, -0.1) is 0 Å². The first kappa shape index (κ1) is 19.7. The molecule has 0 unspecified atom stereocenters. The van der Waals surface area contributed by atoms with Crippen LogP contribution in [0.15, 0.2) is 24.3 Å². The average Bonchev–Trinajstić information content (AvgIpc) is 2.82. The zero-order chi connectivity index (χ0) is 19.4. The molecule has 146 valence electrons. The van der Waals surface area contributed by atoms with Gasteiger partial charge in [-0.05, 0) is 37.5 Å². The van der Waals surface area contributed by atoms with Crippen molar-refractivity contribution in [1.82, 2.24) is 15.5 Å². The molecule has 1 saturated carbocycles. The summed E-state index contributed by atoms with van der Waals surface area (Å²) in [6.45, 7) is 1.38. The summed E-state index contributed by atoms with van der Waals surface area (Å²) in [5, 5.41) is 6.26. The molecular formula is C20H26ClN3O3. The number of hydrogen-bond donors (Lipinski definition) is 2. The second-order valence-corrected chi connectivity index (χ2v) is 8.00. The molecule has 0 bridgehead atoms. The molecule has 7 heteroatoms. The van der Waals surface area contributed by atoms with Gasteiger partial charge in [-0.1, -0.05) is 55.8 Å². The summed E-state index contributed by atoms with van der Waals surface area (Å²) in [4.78, 5) is 38.7. The number of carbonyl (C=O) groups is 3. The lowest BCUT2D eigenvalue weighted by atomic mass is 9.92. The largest absolute Gasteiger partial charge is 0.352 e. The van der Waals surface area contributed by atoms with E-state index in [-0.39, 0.29) is 18.5 Å². The minimum Gasteiger partial charge on any atom is -0.352 e. The molecule has 0 spiro atoms. The summed E-state index contributed by atoms with van der Waals surface area (Å²) in [6.07, 6.45) is 7.75. The first-order valence-corrected chi connectivity index (χ1v) is 9.97. The summed E-state index contributed by atoms with van der Waals surface area (Å²) in [6, 6.07) is 6.33. The molecule has 27 heavy (non-hydrogen) atoms. The van der Waals surface area contributed by atoms with Gasteiger partial charge in [0.1, 0.15) is 12.1 Å². The molecule has 6 nitrogen and oxygen atoms in total. The Labute approximate surface area is 164 Å². The third-order valence-corrected chi connectivity index (χ3v) is 5.72. The molecule has 1 atom stereocenters. The van der Waals surface area contributed by atoms with Crippen molar-refractivity contribution < 1.29 is 14.4 Å². The molecule has 2 aliphatic rings. The minimum absolute atomic E-state index is 0.126. The smallest absolute Gasteiger partial charge is 0.325 e. The van der Waals surface area contributed by atoms with Gasteiger partial charge in [-0.3, -0.25) is 14.5 Å². The fraction of sp³-hybridized carbons (Fsp3) is 0.550. The van der Waals surface area contributed by atoms with Gasteiger partial charge in [-0.2, -0.15) is 0 Å². The average molecular weight is 392 g/mol. The third-order valence-electron chi connectivity index (χ3n) is 5.47. The van der Waals surface area contributed by atoms with Crippen molar-refractivity contribution in [2.24, 2.45) is 0 Å². The van der Waals surface area contributed by atoms with E-state index in [2.05, 4.69) is 10.6 Å². The summed E-state index contributed by atoms with van der Waals surface area (Å²) < 4.78 is 0. The number of hydrogen-bond acceptors (Lipinski definition) is 3. The van der Waals surface area contributed by atoms with E-state index in [1.807, 2.05) is 0 Å². The number of nitrogens with zero attached hydrogens (tertiary/aromatic N) is 1. The van der Waals surface area contributed by atoms with Gasteiger partial charge in [0, 0.05) is 11.1 Å². The fourth-order valence-electron chi connectivity index (χ4n) is 3.84. The number of amides is 4. The van der Waals surface area contributed by atoms with Crippen LogP contribution in [0, 0.1) is 0 Å². The molecule has 3 rings (SSSR count). The Bertz CT molecular complexity index is 714. The lowest BCUT2D eigenvalue weighted by Gasteiger charge is -2.23. The molecule has 2 N–H and O–H groups in total. The molecule has 1 aliphatic carbocycles. The second kappa shape index (κ2) is 8.30. The highest BCUT2D eigenvalue weighted by Crippen LogP contribution is 2.29. The monoisotopic (exact) mass is 391 g/mol. The number of benzene rings is 1. The lowest BCUT2D eigenvalue weighted by Crippen LogP contribution is -2.45. The number of nitrogens with one attached hydrogen (secondary N) is 2. The minimum atomic E-state index is -1.19. The van der Waals surface area contributed by atoms with Crippen LogP contribution in [0.25, 0.3) is 0 Å². The van der Waals surface area contributed by atoms with Crippen LogP contribution in [0.1, 0.15) is 57.4 Å². The molecule has 1 aromatic carbocycles. The van der Waals surface area contributed by atoms with E-state index in [0.717, 1.165) is 30.6 Å². The molecule has 1 saturated heterocycles. The van der Waals surface area contributed by atoms with Crippen molar-refractivity contribution in [2.75, 3.05) is 6.54 Å². The second-order valence-electron chi connectivity index (χ2n) is 7.56. The Morgan fingerprint density at radius 2 is 1.74 bits per heavy atom. The van der Waals surface area contributed by atoms with Gasteiger partial charge in [0.15, 0.2) is 0 Å². The molecule has 1 heterocycles. The number of urea groups is 1. The Morgan fingerprint density at radius 1 is 1.15 bits per heavy atom. The summed E-state index contributed by atoms with van der Waals surface area (Å²) in [5.74, 6) is -0.716. The van der Waals surface area contributed by atoms with Gasteiger partial charge >= 0.3 is 6.03 Å². The Balaban J connectivity index is 1.64. The molecule has 0 aromatic heterocycles. The zero-order valence-electron chi connectivity index (χ0n) is 15.6. The van der Waals surface area contributed by atoms with Crippen LogP contribution in [0.2, 0.25) is 5.02 Å². The van der Waals surface area contributed by atoms with Gasteiger partial charge in [0.25, 0.3) is 5.91 Å². The highest BCUT2D eigenvalue weighted by molar-refractivity contribution is 6.30. The number of imide groups is 1. The van der Waals surface area contributed by atoms with Crippen LogP contribution in [0.5, 0.6) is 0 Å². The van der Waals surface area contributed by atoms with Crippen molar-refractivity contribution in [1.29, 1.82) is 0 Å². The van der Waals surface area contributed by atoms with Gasteiger partial charge < -0.3 is 10.6 Å². The van der Waals surface area contributed by atoms with Crippen molar-refractivity contribution in [3.63, 3.8) is 0 Å². The van der Waals surface area contributed by atoms with E-state index in [0.29, 0.717) is 10.6 Å². The first-order valence-electron chi connectivity index (χ1n) is 9.59. The van der Waals surface area contributed by atoms with E-state index in [1.54, 1.807) is 31.2 Å². The predicted molar refractivity (Wildman–Crippen MR) is 103 cm³/mol. The predicted octanol–water partition coefficient (Wildman–Crippen LogP) is 3.34. The maximum absolute atomic E-state index is 12.9. The van der Waals surface area contributed by atoms with Crippen molar-refractivity contribution in [3.05, 3.63) is 34.9 Å². The lowest BCUT2D eigenvalue weighted by molar-refractivity contribution is -0.135. The fourth-order valence-corrected chi connectivity index (χ4v) is 3.96. The van der Waals surface area contributed by atoms with E-state index in [4.69, 9.17) is 11.6 Å². The Kier molecular flexibility index (Phi) is 6.05. The molecule has 2 fully saturated rings. The van der Waals surface area contributed by atoms with Crippen LogP contribution >= 0.6 is 11.6 Å². The standard InChI is InChI=1S/C20H26ClN3O3/c1-20(14-9-11-15(21)12-10-14)18(26)24(19(27)23-20)13-17(25)22-16-7-5-3-2-4-6-8-16/h9-12,16H,2-8,13H2,1H3,(H,22,25)(H,23,27)/t20-/m0/s1. The Hall–Kier alpha value is -2.08. The van der Waals surface area contributed by atoms with Gasteiger partial charge in [0.05, 0.1) is 0 Å².